The standard InChI is InChI=1S/C23H20BrN3/c1-15(18-8-5-6-16-12-17(24)10-11-19(16)18)26-14-23(25-2)21-13-27-22-9-4-3-7-20(21)22/h3-4,7-14,27H,2,5-6H2,1H3/b23-14-,26-15+. The van der Waals surface area contributed by atoms with Gasteiger partial charge >= 0.3 is 0 Å². The lowest BCUT2D eigenvalue weighted by Crippen LogP contribution is -2.05. The molecule has 1 aliphatic carbocycles. The minimum atomic E-state index is 0.763. The van der Waals surface area contributed by atoms with Gasteiger partial charge in [-0.1, -0.05) is 46.3 Å². The van der Waals surface area contributed by atoms with E-state index in [1.165, 1.54) is 16.7 Å². The molecule has 4 heteroatoms. The molecule has 0 saturated carbocycles. The quantitative estimate of drug-likeness (QED) is 0.475. The van der Waals surface area contributed by atoms with E-state index in [0.29, 0.717) is 0 Å². The Morgan fingerprint density at radius 3 is 2.93 bits per heavy atom. The molecule has 0 aliphatic heterocycles. The highest BCUT2D eigenvalue weighted by molar-refractivity contribution is 9.10. The molecule has 0 spiro atoms. The van der Waals surface area contributed by atoms with Crippen LogP contribution in [0.3, 0.4) is 0 Å². The van der Waals surface area contributed by atoms with Gasteiger partial charge < -0.3 is 4.98 Å². The first kappa shape index (κ1) is 17.7. The summed E-state index contributed by atoms with van der Waals surface area (Å²) in [4.78, 5) is 12.2. The van der Waals surface area contributed by atoms with Crippen molar-refractivity contribution in [3.63, 3.8) is 0 Å². The van der Waals surface area contributed by atoms with Crippen molar-refractivity contribution in [2.24, 2.45) is 9.98 Å². The Labute approximate surface area is 167 Å². The second-order valence-corrected chi connectivity index (χ2v) is 7.51. The van der Waals surface area contributed by atoms with Gasteiger partial charge in [0.05, 0.1) is 11.9 Å². The number of aromatic nitrogens is 1. The molecule has 0 atom stereocenters. The molecule has 1 aromatic heterocycles. The van der Waals surface area contributed by atoms with E-state index in [4.69, 9.17) is 4.99 Å². The molecule has 0 saturated heterocycles. The number of para-hydroxylation sites is 1. The number of H-pyrrole nitrogens is 1. The molecule has 1 aliphatic rings. The third-order valence-electron chi connectivity index (χ3n) is 4.93. The van der Waals surface area contributed by atoms with Gasteiger partial charge in [0.1, 0.15) is 0 Å². The summed E-state index contributed by atoms with van der Waals surface area (Å²) < 4.78 is 1.12. The van der Waals surface area contributed by atoms with Crippen LogP contribution in [-0.4, -0.2) is 17.4 Å². The van der Waals surface area contributed by atoms with Crippen LogP contribution in [0.2, 0.25) is 0 Å². The average Bonchev–Trinajstić information content (AvgIpc) is 3.12. The molecular formula is C23H20BrN3. The van der Waals surface area contributed by atoms with Crippen LogP contribution < -0.4 is 0 Å². The van der Waals surface area contributed by atoms with Crippen LogP contribution in [0.4, 0.5) is 0 Å². The molecule has 27 heavy (non-hydrogen) atoms. The van der Waals surface area contributed by atoms with Crippen LogP contribution >= 0.6 is 15.9 Å². The van der Waals surface area contributed by atoms with Crippen LogP contribution in [0.15, 0.2) is 75.4 Å². The van der Waals surface area contributed by atoms with Gasteiger partial charge in [0, 0.05) is 32.8 Å². The number of aryl methyl sites for hydroxylation is 1. The molecule has 0 radical (unpaired) electrons. The Balaban J connectivity index is 1.70. The number of rotatable bonds is 4. The summed E-state index contributed by atoms with van der Waals surface area (Å²) in [7, 11) is 0. The van der Waals surface area contributed by atoms with Gasteiger partial charge in [0.2, 0.25) is 0 Å². The lowest BCUT2D eigenvalue weighted by Gasteiger charge is -2.18. The van der Waals surface area contributed by atoms with Gasteiger partial charge in [-0.3, -0.25) is 9.98 Å². The number of fused-ring (bicyclic) bond motifs is 2. The van der Waals surface area contributed by atoms with Crippen molar-refractivity contribution in [3.05, 3.63) is 82.1 Å². The third kappa shape index (κ3) is 3.45. The van der Waals surface area contributed by atoms with Crippen molar-refractivity contribution < 1.29 is 0 Å². The fourth-order valence-electron chi connectivity index (χ4n) is 3.56. The average molecular weight is 418 g/mol. The van der Waals surface area contributed by atoms with Gasteiger partial charge in [0.25, 0.3) is 0 Å². The number of nitrogens with one attached hydrogen (secondary N) is 1. The number of aliphatic imine (C=N–C) groups is 2. The van der Waals surface area contributed by atoms with Crippen molar-refractivity contribution in [2.45, 2.75) is 19.8 Å². The monoisotopic (exact) mass is 417 g/mol. The summed E-state index contributed by atoms with van der Waals surface area (Å²) in [6.45, 7) is 5.79. The summed E-state index contributed by atoms with van der Waals surface area (Å²) in [6, 6.07) is 14.6. The SMILES string of the molecule is C=N/C(=C\N=C(/C)C1=CCCc2cc(Br)ccc21)c1c[nH]c2ccccc12. The second kappa shape index (κ2) is 7.49. The van der Waals surface area contributed by atoms with Crippen LogP contribution in [0.25, 0.3) is 22.2 Å². The molecular weight excluding hydrogens is 398 g/mol. The fraction of sp³-hybridized carbons (Fsp3) is 0.130. The van der Waals surface area contributed by atoms with E-state index in [2.05, 4.69) is 76.0 Å². The first-order valence-corrected chi connectivity index (χ1v) is 9.74. The summed E-state index contributed by atoms with van der Waals surface area (Å²) in [5, 5.41) is 1.12. The molecule has 134 valence electrons. The van der Waals surface area contributed by atoms with E-state index >= 15 is 0 Å². The number of hydrogen-bond donors (Lipinski definition) is 1. The number of halogens is 1. The zero-order valence-corrected chi connectivity index (χ0v) is 16.8. The van der Waals surface area contributed by atoms with Gasteiger partial charge in [-0.2, -0.15) is 0 Å². The lowest BCUT2D eigenvalue weighted by molar-refractivity contribution is 0.979. The first-order valence-electron chi connectivity index (χ1n) is 8.94. The Hall–Kier alpha value is -2.72. The van der Waals surface area contributed by atoms with Crippen LogP contribution in [0.1, 0.15) is 30.0 Å². The highest BCUT2D eigenvalue weighted by Crippen LogP contribution is 2.30. The predicted molar refractivity (Wildman–Crippen MR) is 119 cm³/mol. The minimum absolute atomic E-state index is 0.763. The van der Waals surface area contributed by atoms with Crippen LogP contribution in [0.5, 0.6) is 0 Å². The zero-order chi connectivity index (χ0) is 18.8. The fourth-order valence-corrected chi connectivity index (χ4v) is 3.97. The molecule has 3 aromatic rings. The van der Waals surface area contributed by atoms with E-state index in [0.717, 1.165) is 45.2 Å². The zero-order valence-electron chi connectivity index (χ0n) is 15.2. The van der Waals surface area contributed by atoms with Crippen molar-refractivity contribution in [1.29, 1.82) is 0 Å². The normalized spacial score (nSPS) is 14.8. The van der Waals surface area contributed by atoms with E-state index in [-0.39, 0.29) is 0 Å². The van der Waals surface area contributed by atoms with Gasteiger partial charge in [-0.25, -0.2) is 0 Å². The second-order valence-electron chi connectivity index (χ2n) is 6.59. The number of benzene rings is 2. The number of hydrogen-bond acceptors (Lipinski definition) is 2. The molecule has 0 fully saturated rings. The molecule has 2 aromatic carbocycles. The molecule has 1 heterocycles. The maximum absolute atomic E-state index is 4.73. The third-order valence-corrected chi connectivity index (χ3v) is 5.42. The first-order chi connectivity index (χ1) is 13.2. The van der Waals surface area contributed by atoms with Gasteiger partial charge in [-0.05, 0) is 61.4 Å². The predicted octanol–water partition coefficient (Wildman–Crippen LogP) is 6.42. The molecule has 0 bridgehead atoms. The summed E-state index contributed by atoms with van der Waals surface area (Å²) in [6.07, 6.45) is 8.14. The Kier molecular flexibility index (Phi) is 4.90. The molecule has 0 amide bonds. The van der Waals surface area contributed by atoms with Crippen molar-refractivity contribution in [3.8, 4) is 0 Å². The van der Waals surface area contributed by atoms with E-state index in [1.807, 2.05) is 24.5 Å². The largest absolute Gasteiger partial charge is 0.360 e. The Morgan fingerprint density at radius 2 is 2.07 bits per heavy atom. The van der Waals surface area contributed by atoms with Gasteiger partial charge in [0.15, 0.2) is 0 Å². The highest BCUT2D eigenvalue weighted by atomic mass is 79.9. The van der Waals surface area contributed by atoms with Crippen molar-refractivity contribution >= 4 is 50.5 Å². The number of nitrogens with zero attached hydrogens (tertiary/aromatic N) is 2. The molecule has 1 N–H and O–H groups in total. The topological polar surface area (TPSA) is 40.5 Å². The number of allylic oxidation sites excluding steroid dienone is 2. The van der Waals surface area contributed by atoms with E-state index < -0.39 is 0 Å². The van der Waals surface area contributed by atoms with Crippen LogP contribution in [0, 0.1) is 0 Å². The smallest absolute Gasteiger partial charge is 0.0898 e. The highest BCUT2D eigenvalue weighted by Gasteiger charge is 2.15. The minimum Gasteiger partial charge on any atom is -0.360 e. The maximum atomic E-state index is 4.73. The van der Waals surface area contributed by atoms with Crippen molar-refractivity contribution in [2.75, 3.05) is 0 Å². The maximum Gasteiger partial charge on any atom is 0.0898 e. The van der Waals surface area contributed by atoms with E-state index in [1.54, 1.807) is 0 Å². The summed E-state index contributed by atoms with van der Waals surface area (Å²) >= 11 is 3.57. The van der Waals surface area contributed by atoms with Crippen LogP contribution in [-0.2, 0) is 6.42 Å². The molecule has 0 unspecified atom stereocenters. The number of aromatic amines is 1. The van der Waals surface area contributed by atoms with Gasteiger partial charge in [-0.15, -0.1) is 0 Å². The Morgan fingerprint density at radius 1 is 1.22 bits per heavy atom. The van der Waals surface area contributed by atoms with Crippen molar-refractivity contribution in [1.82, 2.24) is 4.98 Å². The van der Waals surface area contributed by atoms with E-state index in [9.17, 15) is 0 Å². The molecule has 3 nitrogen and oxygen atoms in total. The Bertz CT molecular complexity index is 1120. The summed E-state index contributed by atoms with van der Waals surface area (Å²) in [5.41, 5.74) is 7.66. The molecule has 4 rings (SSSR count). The lowest BCUT2D eigenvalue weighted by atomic mass is 9.89. The summed E-state index contributed by atoms with van der Waals surface area (Å²) in [5.74, 6) is 0.